The summed E-state index contributed by atoms with van der Waals surface area (Å²) in [7, 11) is 0. The molecule has 2 amide bonds. The summed E-state index contributed by atoms with van der Waals surface area (Å²) in [5.74, 6) is 0. The van der Waals surface area contributed by atoms with E-state index in [2.05, 4.69) is 21.9 Å². The number of hydrogen-bond acceptors (Lipinski definition) is 3. The van der Waals surface area contributed by atoms with Crippen LogP contribution in [0.3, 0.4) is 0 Å². The zero-order valence-corrected chi connectivity index (χ0v) is 13.5. The lowest BCUT2D eigenvalue weighted by Gasteiger charge is -2.13. The van der Waals surface area contributed by atoms with Gasteiger partial charge in [-0.3, -0.25) is 0 Å². The van der Waals surface area contributed by atoms with E-state index in [1.807, 2.05) is 25.1 Å². The Kier molecular flexibility index (Phi) is 4.95. The number of allylic oxidation sites excluding steroid dienone is 1. The summed E-state index contributed by atoms with van der Waals surface area (Å²) >= 11 is 0. The molecule has 0 saturated carbocycles. The van der Waals surface area contributed by atoms with Gasteiger partial charge in [0, 0.05) is 11.9 Å². The van der Waals surface area contributed by atoms with Gasteiger partial charge in [0.25, 0.3) is 0 Å². The van der Waals surface area contributed by atoms with Gasteiger partial charge in [-0.1, -0.05) is 28.4 Å². The molecule has 0 spiro atoms. The zero-order valence-electron chi connectivity index (χ0n) is 13.5. The number of amides is 2. The van der Waals surface area contributed by atoms with Crippen LogP contribution < -0.4 is 10.6 Å². The van der Waals surface area contributed by atoms with Crippen LogP contribution in [0.4, 0.5) is 4.79 Å². The molecule has 1 heterocycles. The molecule has 0 unspecified atom stereocenters. The summed E-state index contributed by atoms with van der Waals surface area (Å²) in [6.45, 7) is 3.07. The van der Waals surface area contributed by atoms with Gasteiger partial charge in [-0.2, -0.15) is 0 Å². The standard InChI is InChI=1S/C18H23N3O2/c1-13-7-8-17-15(11-13)16(21-23-17)12-20-18(22)19-10-9-14-5-3-2-4-6-14/h5,7-8,11H,2-4,6,9-10,12H2,1H3,(H2,19,20,22). The predicted molar refractivity (Wildman–Crippen MR) is 90.2 cm³/mol. The van der Waals surface area contributed by atoms with Crippen molar-refractivity contribution in [1.29, 1.82) is 0 Å². The SMILES string of the molecule is Cc1ccc2onc(CNC(=O)NCCC3=CCCCC3)c2c1. The molecule has 0 radical (unpaired) electrons. The molecule has 0 atom stereocenters. The first-order valence-electron chi connectivity index (χ1n) is 8.27. The van der Waals surface area contributed by atoms with E-state index in [1.165, 1.54) is 31.3 Å². The lowest BCUT2D eigenvalue weighted by Crippen LogP contribution is -2.35. The molecule has 0 fully saturated rings. The molecule has 1 aromatic heterocycles. The van der Waals surface area contributed by atoms with E-state index >= 15 is 0 Å². The molecule has 1 aliphatic rings. The summed E-state index contributed by atoms with van der Waals surface area (Å²) in [6.07, 6.45) is 8.18. The van der Waals surface area contributed by atoms with E-state index in [0.29, 0.717) is 13.1 Å². The van der Waals surface area contributed by atoms with Gasteiger partial charge in [0.1, 0.15) is 5.69 Å². The summed E-state index contributed by atoms with van der Waals surface area (Å²) < 4.78 is 5.27. The highest BCUT2D eigenvalue weighted by atomic mass is 16.5. The number of carbonyl (C=O) groups is 1. The fourth-order valence-electron chi connectivity index (χ4n) is 2.92. The highest BCUT2D eigenvalue weighted by Crippen LogP contribution is 2.20. The molecule has 3 rings (SSSR count). The molecule has 0 aliphatic heterocycles. The molecule has 0 saturated heterocycles. The first-order chi connectivity index (χ1) is 11.2. The Morgan fingerprint density at radius 2 is 2.22 bits per heavy atom. The summed E-state index contributed by atoms with van der Waals surface area (Å²) in [6, 6.07) is 5.75. The van der Waals surface area contributed by atoms with E-state index < -0.39 is 0 Å². The van der Waals surface area contributed by atoms with Gasteiger partial charge < -0.3 is 15.2 Å². The molecule has 5 heteroatoms. The fourth-order valence-corrected chi connectivity index (χ4v) is 2.92. The second-order valence-corrected chi connectivity index (χ2v) is 6.10. The van der Waals surface area contributed by atoms with Gasteiger partial charge in [-0.15, -0.1) is 0 Å². The molecule has 5 nitrogen and oxygen atoms in total. The topological polar surface area (TPSA) is 67.2 Å². The Morgan fingerprint density at radius 1 is 1.30 bits per heavy atom. The third-order valence-electron chi connectivity index (χ3n) is 4.23. The highest BCUT2D eigenvalue weighted by Gasteiger charge is 2.10. The number of rotatable bonds is 5. The maximum atomic E-state index is 11.9. The average Bonchev–Trinajstić information content (AvgIpc) is 2.96. The predicted octanol–water partition coefficient (Wildman–Crippen LogP) is 3.83. The number of aromatic nitrogens is 1. The van der Waals surface area contributed by atoms with Crippen LogP contribution in [0, 0.1) is 6.92 Å². The van der Waals surface area contributed by atoms with E-state index in [0.717, 1.165) is 28.6 Å². The molecular weight excluding hydrogens is 290 g/mol. The molecule has 2 N–H and O–H groups in total. The minimum Gasteiger partial charge on any atom is -0.356 e. The number of fused-ring (bicyclic) bond motifs is 1. The lowest BCUT2D eigenvalue weighted by atomic mass is 9.97. The van der Waals surface area contributed by atoms with Gasteiger partial charge in [0.2, 0.25) is 0 Å². The molecule has 23 heavy (non-hydrogen) atoms. The van der Waals surface area contributed by atoms with Crippen LogP contribution in [0.1, 0.15) is 43.4 Å². The van der Waals surface area contributed by atoms with Crippen molar-refractivity contribution in [2.75, 3.05) is 6.54 Å². The van der Waals surface area contributed by atoms with Crippen LogP contribution >= 0.6 is 0 Å². The third-order valence-corrected chi connectivity index (χ3v) is 4.23. The van der Waals surface area contributed by atoms with Crippen LogP contribution in [0.15, 0.2) is 34.4 Å². The molecule has 0 bridgehead atoms. The first kappa shape index (κ1) is 15.6. The first-order valence-corrected chi connectivity index (χ1v) is 8.27. The van der Waals surface area contributed by atoms with E-state index in [1.54, 1.807) is 0 Å². The van der Waals surface area contributed by atoms with Gasteiger partial charge in [-0.25, -0.2) is 4.79 Å². The van der Waals surface area contributed by atoms with Gasteiger partial charge >= 0.3 is 6.03 Å². The van der Waals surface area contributed by atoms with Crippen LogP contribution in [0.5, 0.6) is 0 Å². The maximum Gasteiger partial charge on any atom is 0.315 e. The Hall–Kier alpha value is -2.30. The Bertz CT molecular complexity index is 718. The summed E-state index contributed by atoms with van der Waals surface area (Å²) in [4.78, 5) is 11.9. The third kappa shape index (κ3) is 4.12. The van der Waals surface area contributed by atoms with Crippen LogP contribution in [0.25, 0.3) is 11.0 Å². The van der Waals surface area contributed by atoms with Crippen molar-refractivity contribution in [3.05, 3.63) is 41.1 Å². The van der Waals surface area contributed by atoms with Gasteiger partial charge in [0.05, 0.1) is 6.54 Å². The molecule has 122 valence electrons. The molecular formula is C18H23N3O2. The molecule has 2 aromatic rings. The van der Waals surface area contributed by atoms with Crippen molar-refractivity contribution in [1.82, 2.24) is 15.8 Å². The Labute approximate surface area is 136 Å². The second kappa shape index (κ2) is 7.31. The number of nitrogens with one attached hydrogen (secondary N) is 2. The smallest absolute Gasteiger partial charge is 0.315 e. The number of nitrogens with zero attached hydrogens (tertiary/aromatic N) is 1. The number of urea groups is 1. The lowest BCUT2D eigenvalue weighted by molar-refractivity contribution is 0.240. The molecule has 1 aromatic carbocycles. The van der Waals surface area contributed by atoms with Gasteiger partial charge in [-0.05, 0) is 51.2 Å². The zero-order chi connectivity index (χ0) is 16.1. The summed E-state index contributed by atoms with van der Waals surface area (Å²) in [5, 5.41) is 10.7. The number of benzene rings is 1. The Morgan fingerprint density at radius 3 is 3.04 bits per heavy atom. The van der Waals surface area contributed by atoms with Crippen molar-refractivity contribution in [2.45, 2.75) is 45.6 Å². The minimum atomic E-state index is -0.162. The van der Waals surface area contributed by atoms with Crippen LogP contribution in [-0.2, 0) is 6.54 Å². The fraction of sp³-hybridized carbons (Fsp3) is 0.444. The van der Waals surface area contributed by atoms with Crippen molar-refractivity contribution < 1.29 is 9.32 Å². The number of aryl methyl sites for hydroxylation is 1. The maximum absolute atomic E-state index is 11.9. The monoisotopic (exact) mass is 313 g/mol. The largest absolute Gasteiger partial charge is 0.356 e. The van der Waals surface area contributed by atoms with E-state index in [9.17, 15) is 4.79 Å². The summed E-state index contributed by atoms with van der Waals surface area (Å²) in [5.41, 5.74) is 4.12. The van der Waals surface area contributed by atoms with Crippen LogP contribution in [-0.4, -0.2) is 17.7 Å². The normalized spacial score (nSPS) is 14.6. The average molecular weight is 313 g/mol. The quantitative estimate of drug-likeness (QED) is 0.824. The Balaban J connectivity index is 1.46. The van der Waals surface area contributed by atoms with Crippen molar-refractivity contribution >= 4 is 17.0 Å². The highest BCUT2D eigenvalue weighted by molar-refractivity contribution is 5.81. The minimum absolute atomic E-state index is 0.162. The van der Waals surface area contributed by atoms with Crippen molar-refractivity contribution in [3.8, 4) is 0 Å². The second-order valence-electron chi connectivity index (χ2n) is 6.10. The van der Waals surface area contributed by atoms with Crippen LogP contribution in [0.2, 0.25) is 0 Å². The van der Waals surface area contributed by atoms with E-state index in [4.69, 9.17) is 4.52 Å². The van der Waals surface area contributed by atoms with Crippen molar-refractivity contribution in [2.24, 2.45) is 0 Å². The van der Waals surface area contributed by atoms with Crippen molar-refractivity contribution in [3.63, 3.8) is 0 Å². The van der Waals surface area contributed by atoms with E-state index in [-0.39, 0.29) is 6.03 Å². The number of hydrogen-bond donors (Lipinski definition) is 2. The number of carbonyl (C=O) groups excluding carboxylic acids is 1. The van der Waals surface area contributed by atoms with Gasteiger partial charge in [0.15, 0.2) is 5.58 Å². The molecule has 1 aliphatic carbocycles.